The summed E-state index contributed by atoms with van der Waals surface area (Å²) < 4.78 is 5.16. The fourth-order valence-electron chi connectivity index (χ4n) is 2.24. The molecule has 0 unspecified atom stereocenters. The zero-order valence-corrected chi connectivity index (χ0v) is 13.8. The van der Waals surface area contributed by atoms with Gasteiger partial charge in [0.25, 0.3) is 0 Å². The Balaban J connectivity index is 1.63. The number of rotatable bonds is 6. The van der Waals surface area contributed by atoms with Crippen LogP contribution in [0.4, 0.5) is 17.3 Å². The lowest BCUT2D eigenvalue weighted by molar-refractivity contribution is 0.415. The molecule has 2 N–H and O–H groups in total. The Bertz CT molecular complexity index is 785. The quantitative estimate of drug-likeness (QED) is 0.714. The summed E-state index contributed by atoms with van der Waals surface area (Å²) in [7, 11) is 1.65. The Hall–Kier alpha value is -3.08. The van der Waals surface area contributed by atoms with E-state index < -0.39 is 0 Å². The van der Waals surface area contributed by atoms with Crippen LogP contribution in [-0.2, 0) is 6.54 Å². The average molecular weight is 320 g/mol. The predicted molar refractivity (Wildman–Crippen MR) is 96.8 cm³/mol. The first-order valence-corrected chi connectivity index (χ1v) is 7.75. The molecule has 5 nitrogen and oxygen atoms in total. The van der Waals surface area contributed by atoms with E-state index in [4.69, 9.17) is 4.74 Å². The summed E-state index contributed by atoms with van der Waals surface area (Å²) in [5.41, 5.74) is 3.41. The fraction of sp³-hybridized carbons (Fsp3) is 0.158. The molecule has 1 aromatic heterocycles. The van der Waals surface area contributed by atoms with Crippen molar-refractivity contribution >= 4 is 17.3 Å². The van der Waals surface area contributed by atoms with E-state index in [0.717, 1.165) is 29.6 Å². The Morgan fingerprint density at radius 3 is 2.33 bits per heavy atom. The van der Waals surface area contributed by atoms with Crippen molar-refractivity contribution in [1.29, 1.82) is 0 Å². The van der Waals surface area contributed by atoms with Gasteiger partial charge >= 0.3 is 0 Å². The number of methoxy groups -OCH3 is 1. The molecule has 0 aliphatic rings. The summed E-state index contributed by atoms with van der Waals surface area (Å²) in [6, 6.07) is 18.0. The van der Waals surface area contributed by atoms with Gasteiger partial charge in [-0.05, 0) is 36.8 Å². The second kappa shape index (κ2) is 7.46. The van der Waals surface area contributed by atoms with Crippen LogP contribution in [0.5, 0.6) is 5.75 Å². The summed E-state index contributed by atoms with van der Waals surface area (Å²) in [6.45, 7) is 2.80. The molecule has 2 aromatic carbocycles. The van der Waals surface area contributed by atoms with Crippen molar-refractivity contribution in [2.45, 2.75) is 13.5 Å². The van der Waals surface area contributed by atoms with Gasteiger partial charge in [0.15, 0.2) is 0 Å². The van der Waals surface area contributed by atoms with E-state index in [-0.39, 0.29) is 0 Å². The zero-order chi connectivity index (χ0) is 16.8. The third-order valence-electron chi connectivity index (χ3n) is 3.62. The Morgan fingerprint density at radius 1 is 0.917 bits per heavy atom. The summed E-state index contributed by atoms with van der Waals surface area (Å²) in [6.07, 6.45) is 1.54. The van der Waals surface area contributed by atoms with E-state index in [1.165, 1.54) is 11.1 Å². The van der Waals surface area contributed by atoms with Crippen molar-refractivity contribution in [2.24, 2.45) is 0 Å². The second-order valence-electron chi connectivity index (χ2n) is 5.48. The summed E-state index contributed by atoms with van der Waals surface area (Å²) >= 11 is 0. The molecule has 0 amide bonds. The van der Waals surface area contributed by atoms with Crippen molar-refractivity contribution in [3.63, 3.8) is 0 Å². The summed E-state index contributed by atoms with van der Waals surface area (Å²) in [4.78, 5) is 8.51. The molecule has 1 heterocycles. The molecule has 0 fully saturated rings. The standard InChI is InChI=1S/C19H20N4O/c1-14-3-5-15(6-4-14)12-20-18-11-19(22-13-21-18)23-16-7-9-17(24-2)10-8-16/h3-11,13H,12H2,1-2H3,(H2,20,21,22,23). The van der Waals surface area contributed by atoms with Gasteiger partial charge in [-0.25, -0.2) is 9.97 Å². The first-order chi connectivity index (χ1) is 11.7. The van der Waals surface area contributed by atoms with Crippen LogP contribution in [0.3, 0.4) is 0 Å². The molecule has 5 heteroatoms. The number of nitrogens with one attached hydrogen (secondary N) is 2. The number of hydrogen-bond acceptors (Lipinski definition) is 5. The minimum Gasteiger partial charge on any atom is -0.497 e. The second-order valence-corrected chi connectivity index (χ2v) is 5.48. The van der Waals surface area contributed by atoms with Gasteiger partial charge in [-0.1, -0.05) is 29.8 Å². The van der Waals surface area contributed by atoms with Crippen LogP contribution in [0.15, 0.2) is 60.9 Å². The molecule has 0 saturated carbocycles. The first kappa shape index (κ1) is 15.8. The highest BCUT2D eigenvalue weighted by Crippen LogP contribution is 2.19. The van der Waals surface area contributed by atoms with Gasteiger partial charge in [-0.2, -0.15) is 0 Å². The van der Waals surface area contributed by atoms with Crippen LogP contribution in [-0.4, -0.2) is 17.1 Å². The normalized spacial score (nSPS) is 10.2. The lowest BCUT2D eigenvalue weighted by Crippen LogP contribution is -2.03. The lowest BCUT2D eigenvalue weighted by Gasteiger charge is -2.09. The minimum atomic E-state index is 0.721. The molecule has 0 radical (unpaired) electrons. The smallest absolute Gasteiger partial charge is 0.135 e. The number of nitrogens with zero attached hydrogens (tertiary/aromatic N) is 2. The molecule has 0 aliphatic heterocycles. The van der Waals surface area contributed by atoms with Crippen LogP contribution >= 0.6 is 0 Å². The number of benzene rings is 2. The highest BCUT2D eigenvalue weighted by atomic mass is 16.5. The van der Waals surface area contributed by atoms with Crippen LogP contribution in [0.1, 0.15) is 11.1 Å². The molecule has 0 spiro atoms. The van der Waals surface area contributed by atoms with Crippen molar-refractivity contribution in [2.75, 3.05) is 17.7 Å². The van der Waals surface area contributed by atoms with Gasteiger partial charge in [-0.3, -0.25) is 0 Å². The van der Waals surface area contributed by atoms with Crippen molar-refractivity contribution < 1.29 is 4.74 Å². The van der Waals surface area contributed by atoms with E-state index >= 15 is 0 Å². The van der Waals surface area contributed by atoms with Gasteiger partial charge in [0, 0.05) is 18.3 Å². The van der Waals surface area contributed by atoms with Crippen LogP contribution in [0, 0.1) is 6.92 Å². The van der Waals surface area contributed by atoms with Crippen molar-refractivity contribution in [3.8, 4) is 5.75 Å². The van der Waals surface area contributed by atoms with E-state index in [9.17, 15) is 0 Å². The SMILES string of the molecule is COc1ccc(Nc2cc(NCc3ccc(C)cc3)ncn2)cc1. The molecule has 0 atom stereocenters. The van der Waals surface area contributed by atoms with Gasteiger partial charge in [0.05, 0.1) is 7.11 Å². The maximum Gasteiger partial charge on any atom is 0.135 e. The van der Waals surface area contributed by atoms with E-state index in [2.05, 4.69) is 51.8 Å². The largest absolute Gasteiger partial charge is 0.497 e. The molecule has 3 aromatic rings. The highest BCUT2D eigenvalue weighted by Gasteiger charge is 2.01. The van der Waals surface area contributed by atoms with Crippen LogP contribution in [0.2, 0.25) is 0 Å². The molecule has 0 saturated heterocycles. The number of aryl methyl sites for hydroxylation is 1. The van der Waals surface area contributed by atoms with Crippen molar-refractivity contribution in [3.05, 3.63) is 72.1 Å². The predicted octanol–water partition coefficient (Wildman–Crippen LogP) is 4.15. The molecule has 0 aliphatic carbocycles. The third-order valence-corrected chi connectivity index (χ3v) is 3.62. The Labute approximate surface area is 141 Å². The zero-order valence-electron chi connectivity index (χ0n) is 13.8. The first-order valence-electron chi connectivity index (χ1n) is 7.75. The molecule has 3 rings (SSSR count). The minimum absolute atomic E-state index is 0.721. The topological polar surface area (TPSA) is 59.1 Å². The number of aromatic nitrogens is 2. The van der Waals surface area contributed by atoms with Gasteiger partial charge < -0.3 is 15.4 Å². The van der Waals surface area contributed by atoms with Crippen LogP contribution in [0.25, 0.3) is 0 Å². The number of anilines is 3. The van der Waals surface area contributed by atoms with E-state index in [0.29, 0.717) is 0 Å². The maximum atomic E-state index is 5.16. The Kier molecular flexibility index (Phi) is 4.91. The highest BCUT2D eigenvalue weighted by molar-refractivity contribution is 5.59. The van der Waals surface area contributed by atoms with E-state index in [1.54, 1.807) is 13.4 Å². The maximum absolute atomic E-state index is 5.16. The van der Waals surface area contributed by atoms with Gasteiger partial charge in [-0.15, -0.1) is 0 Å². The molecule has 24 heavy (non-hydrogen) atoms. The summed E-state index contributed by atoms with van der Waals surface area (Å²) in [5.74, 6) is 2.34. The molecular weight excluding hydrogens is 300 g/mol. The fourth-order valence-corrected chi connectivity index (χ4v) is 2.24. The monoisotopic (exact) mass is 320 g/mol. The van der Waals surface area contributed by atoms with Crippen LogP contribution < -0.4 is 15.4 Å². The van der Waals surface area contributed by atoms with E-state index in [1.807, 2.05) is 30.3 Å². The number of hydrogen-bond donors (Lipinski definition) is 2. The Morgan fingerprint density at radius 2 is 1.62 bits per heavy atom. The van der Waals surface area contributed by atoms with Gasteiger partial charge in [0.2, 0.25) is 0 Å². The van der Waals surface area contributed by atoms with Gasteiger partial charge in [0.1, 0.15) is 23.7 Å². The number of ether oxygens (including phenoxy) is 1. The average Bonchev–Trinajstić information content (AvgIpc) is 2.62. The lowest BCUT2D eigenvalue weighted by atomic mass is 10.1. The van der Waals surface area contributed by atoms with Crippen molar-refractivity contribution in [1.82, 2.24) is 9.97 Å². The summed E-state index contributed by atoms with van der Waals surface area (Å²) in [5, 5.41) is 6.57. The molecule has 0 bridgehead atoms. The third kappa shape index (κ3) is 4.23. The molecule has 122 valence electrons. The molecular formula is C19H20N4O.